The molecule has 0 bridgehead atoms. The molecule has 4 rings (SSSR count). The van der Waals surface area contributed by atoms with Gasteiger partial charge in [-0.3, -0.25) is 4.79 Å². The smallest absolute Gasteiger partial charge is 0.326 e. The summed E-state index contributed by atoms with van der Waals surface area (Å²) in [6.07, 6.45) is 4.52. The van der Waals surface area contributed by atoms with Crippen LogP contribution in [0.25, 0.3) is 10.8 Å². The van der Waals surface area contributed by atoms with E-state index in [1.165, 1.54) is 0 Å². The number of hydrogen-bond donors (Lipinski definition) is 4. The van der Waals surface area contributed by atoms with Gasteiger partial charge in [0.1, 0.15) is 6.04 Å². The van der Waals surface area contributed by atoms with Gasteiger partial charge in [-0.15, -0.1) is 0 Å². The highest BCUT2D eigenvalue weighted by Gasteiger charge is 2.31. The van der Waals surface area contributed by atoms with E-state index in [-0.39, 0.29) is 17.2 Å². The molecule has 3 aromatic carbocycles. The van der Waals surface area contributed by atoms with Crippen LogP contribution in [0.4, 0.5) is 16.2 Å². The summed E-state index contributed by atoms with van der Waals surface area (Å²) in [5, 5.41) is 19.9. The number of halogens is 1. The van der Waals surface area contributed by atoms with Crippen molar-refractivity contribution in [2.24, 2.45) is 5.92 Å². The van der Waals surface area contributed by atoms with E-state index in [0.717, 1.165) is 42.9 Å². The average Bonchev–Trinajstić information content (AvgIpc) is 2.83. The molecule has 0 saturated heterocycles. The number of benzene rings is 3. The van der Waals surface area contributed by atoms with Crippen LogP contribution < -0.4 is 16.0 Å². The van der Waals surface area contributed by atoms with Gasteiger partial charge < -0.3 is 21.1 Å². The Morgan fingerprint density at radius 2 is 1.47 bits per heavy atom. The number of nitrogens with one attached hydrogen (secondary N) is 3. The SMILES string of the molecule is O=C(Nc1ccccc1Cl)Nc1cc2ccccc2cc1C(=O)N[C@H](C(=O)O)C1CCCCC1. The standard InChI is InChI=1S/C26H26ClN3O4/c27-20-12-6-7-13-21(20)28-26(34)29-22-15-18-11-5-4-10-17(18)14-19(22)24(31)30-23(25(32)33)16-8-2-1-3-9-16/h4-7,10-16,23H,1-3,8-9H2,(H,30,31)(H,32,33)(H2,28,29,34)/t23-/m0/s1. The minimum absolute atomic E-state index is 0.115. The third-order valence-corrected chi connectivity index (χ3v) is 6.50. The van der Waals surface area contributed by atoms with E-state index < -0.39 is 23.9 Å². The fourth-order valence-corrected chi connectivity index (χ4v) is 4.62. The summed E-state index contributed by atoms with van der Waals surface area (Å²) in [4.78, 5) is 38.0. The number of carboxylic acids is 1. The Labute approximate surface area is 202 Å². The first-order valence-corrected chi connectivity index (χ1v) is 11.7. The molecule has 1 aliphatic rings. The van der Waals surface area contributed by atoms with Crippen molar-refractivity contribution in [3.8, 4) is 0 Å². The van der Waals surface area contributed by atoms with Crippen LogP contribution in [0.5, 0.6) is 0 Å². The van der Waals surface area contributed by atoms with E-state index in [0.29, 0.717) is 10.7 Å². The number of fused-ring (bicyclic) bond motifs is 1. The number of carboxylic acid groups (broad SMARTS) is 1. The lowest BCUT2D eigenvalue weighted by molar-refractivity contribution is -0.141. The lowest BCUT2D eigenvalue weighted by Crippen LogP contribution is -2.46. The Hall–Kier alpha value is -3.58. The molecule has 4 N–H and O–H groups in total. The molecule has 1 atom stereocenters. The monoisotopic (exact) mass is 479 g/mol. The molecule has 1 saturated carbocycles. The van der Waals surface area contributed by atoms with Crippen molar-refractivity contribution in [2.75, 3.05) is 10.6 Å². The van der Waals surface area contributed by atoms with E-state index in [1.807, 2.05) is 24.3 Å². The molecule has 176 valence electrons. The Morgan fingerprint density at radius 3 is 2.15 bits per heavy atom. The molecule has 1 fully saturated rings. The summed E-state index contributed by atoms with van der Waals surface area (Å²) in [5.74, 6) is -1.71. The minimum atomic E-state index is -1.05. The summed E-state index contributed by atoms with van der Waals surface area (Å²) in [5.41, 5.74) is 0.889. The Balaban J connectivity index is 1.61. The van der Waals surface area contributed by atoms with E-state index in [2.05, 4.69) is 16.0 Å². The summed E-state index contributed by atoms with van der Waals surface area (Å²) < 4.78 is 0. The zero-order valence-corrected chi connectivity index (χ0v) is 19.3. The van der Waals surface area contributed by atoms with Gasteiger partial charge in [0, 0.05) is 0 Å². The highest BCUT2D eigenvalue weighted by atomic mass is 35.5. The van der Waals surface area contributed by atoms with Gasteiger partial charge in [0.15, 0.2) is 0 Å². The number of urea groups is 1. The quantitative estimate of drug-likeness (QED) is 0.353. The van der Waals surface area contributed by atoms with E-state index in [1.54, 1.807) is 36.4 Å². The maximum absolute atomic E-state index is 13.3. The summed E-state index contributed by atoms with van der Waals surface area (Å²) in [6.45, 7) is 0. The predicted molar refractivity (Wildman–Crippen MR) is 134 cm³/mol. The number of carbonyl (C=O) groups is 3. The van der Waals surface area contributed by atoms with Crippen LogP contribution in [0, 0.1) is 5.92 Å². The zero-order valence-electron chi connectivity index (χ0n) is 18.5. The summed E-state index contributed by atoms with van der Waals surface area (Å²) in [6, 6.07) is 16.1. The third kappa shape index (κ3) is 5.48. The molecule has 0 aromatic heterocycles. The fraction of sp³-hybridized carbons (Fsp3) is 0.269. The maximum atomic E-state index is 13.3. The fourth-order valence-electron chi connectivity index (χ4n) is 4.44. The van der Waals surface area contributed by atoms with Gasteiger partial charge in [-0.25, -0.2) is 9.59 Å². The van der Waals surface area contributed by atoms with Crippen LogP contribution in [0.15, 0.2) is 60.7 Å². The largest absolute Gasteiger partial charge is 0.480 e. The summed E-state index contributed by atoms with van der Waals surface area (Å²) >= 11 is 6.13. The first kappa shape index (κ1) is 23.6. The van der Waals surface area contributed by atoms with Crippen molar-refractivity contribution in [3.05, 3.63) is 71.2 Å². The first-order chi connectivity index (χ1) is 16.4. The van der Waals surface area contributed by atoms with Crippen LogP contribution in [-0.2, 0) is 4.79 Å². The molecule has 1 aliphatic carbocycles. The topological polar surface area (TPSA) is 108 Å². The van der Waals surface area contributed by atoms with Gasteiger partial charge in [0.05, 0.1) is 22.0 Å². The van der Waals surface area contributed by atoms with Gasteiger partial charge in [-0.1, -0.05) is 67.3 Å². The van der Waals surface area contributed by atoms with Crippen LogP contribution in [0.1, 0.15) is 42.5 Å². The highest BCUT2D eigenvalue weighted by molar-refractivity contribution is 6.33. The molecule has 0 aliphatic heterocycles. The number of rotatable bonds is 6. The Morgan fingerprint density at radius 1 is 0.853 bits per heavy atom. The Kier molecular flexibility index (Phi) is 7.33. The van der Waals surface area contributed by atoms with Gasteiger partial charge in [0.2, 0.25) is 0 Å². The molecule has 3 amide bonds. The normalized spacial score (nSPS) is 14.9. The van der Waals surface area contributed by atoms with Gasteiger partial charge in [-0.2, -0.15) is 0 Å². The van der Waals surface area contributed by atoms with Crippen molar-refractivity contribution < 1.29 is 19.5 Å². The zero-order chi connectivity index (χ0) is 24.1. The second-order valence-corrected chi connectivity index (χ2v) is 8.90. The molecule has 0 spiro atoms. The molecule has 34 heavy (non-hydrogen) atoms. The molecule has 3 aromatic rings. The molecule has 0 unspecified atom stereocenters. The number of carbonyl (C=O) groups excluding carboxylic acids is 2. The van der Waals surface area contributed by atoms with E-state index in [9.17, 15) is 19.5 Å². The van der Waals surface area contributed by atoms with Crippen LogP contribution in [-0.4, -0.2) is 29.1 Å². The number of hydrogen-bond acceptors (Lipinski definition) is 3. The van der Waals surface area contributed by atoms with Gasteiger partial charge in [-0.05, 0) is 53.8 Å². The number of anilines is 2. The van der Waals surface area contributed by atoms with Crippen molar-refractivity contribution >= 4 is 51.7 Å². The molecular weight excluding hydrogens is 454 g/mol. The molecular formula is C26H26ClN3O4. The van der Waals surface area contributed by atoms with Crippen molar-refractivity contribution in [3.63, 3.8) is 0 Å². The third-order valence-electron chi connectivity index (χ3n) is 6.17. The molecule has 7 nitrogen and oxygen atoms in total. The molecule has 0 radical (unpaired) electrons. The van der Waals surface area contributed by atoms with Gasteiger partial charge >= 0.3 is 12.0 Å². The lowest BCUT2D eigenvalue weighted by Gasteiger charge is -2.28. The number of aliphatic carboxylic acids is 1. The molecule has 0 heterocycles. The second-order valence-electron chi connectivity index (χ2n) is 8.49. The number of para-hydroxylation sites is 1. The lowest BCUT2D eigenvalue weighted by atomic mass is 9.83. The number of amides is 3. The summed E-state index contributed by atoms with van der Waals surface area (Å²) in [7, 11) is 0. The van der Waals surface area contributed by atoms with E-state index >= 15 is 0 Å². The minimum Gasteiger partial charge on any atom is -0.480 e. The maximum Gasteiger partial charge on any atom is 0.326 e. The Bertz CT molecular complexity index is 1220. The second kappa shape index (κ2) is 10.6. The van der Waals surface area contributed by atoms with Crippen LogP contribution in [0.2, 0.25) is 5.02 Å². The highest BCUT2D eigenvalue weighted by Crippen LogP contribution is 2.29. The molecule has 8 heteroatoms. The van der Waals surface area contributed by atoms with Crippen LogP contribution in [0.3, 0.4) is 0 Å². The van der Waals surface area contributed by atoms with Crippen molar-refractivity contribution in [1.29, 1.82) is 0 Å². The first-order valence-electron chi connectivity index (χ1n) is 11.3. The van der Waals surface area contributed by atoms with Gasteiger partial charge in [0.25, 0.3) is 5.91 Å². The van der Waals surface area contributed by atoms with Crippen molar-refractivity contribution in [1.82, 2.24) is 5.32 Å². The average molecular weight is 480 g/mol. The predicted octanol–water partition coefficient (Wildman–Crippen LogP) is 5.90. The van der Waals surface area contributed by atoms with Crippen LogP contribution >= 0.6 is 11.6 Å². The van der Waals surface area contributed by atoms with Crippen molar-refractivity contribution in [2.45, 2.75) is 38.1 Å². The van der Waals surface area contributed by atoms with E-state index in [4.69, 9.17) is 11.6 Å².